The van der Waals surface area contributed by atoms with E-state index in [9.17, 15) is 14.0 Å². The molecule has 1 atom stereocenters. The molecule has 0 radical (unpaired) electrons. The van der Waals surface area contributed by atoms with Crippen LogP contribution in [-0.4, -0.2) is 31.0 Å². The van der Waals surface area contributed by atoms with Crippen molar-refractivity contribution in [2.75, 3.05) is 18.1 Å². The minimum absolute atomic E-state index is 0.0157. The molecule has 1 N–H and O–H groups in total. The average molecular weight is 356 g/mol. The van der Waals surface area contributed by atoms with Crippen molar-refractivity contribution in [1.82, 2.24) is 5.32 Å². The number of ether oxygens (including phenoxy) is 1. The molecule has 5 nitrogen and oxygen atoms in total. The summed E-state index contributed by atoms with van der Waals surface area (Å²) in [6.45, 7) is 4.28. The fourth-order valence-corrected chi connectivity index (χ4v) is 2.90. The predicted molar refractivity (Wildman–Crippen MR) is 96.7 cm³/mol. The number of carbonyl (C=O) groups is 2. The van der Waals surface area contributed by atoms with Crippen LogP contribution in [0.2, 0.25) is 0 Å². The van der Waals surface area contributed by atoms with Crippen LogP contribution in [0.1, 0.15) is 17.5 Å². The Morgan fingerprint density at radius 1 is 1.19 bits per heavy atom. The molecule has 0 aliphatic carbocycles. The van der Waals surface area contributed by atoms with Gasteiger partial charge in [-0.3, -0.25) is 9.59 Å². The van der Waals surface area contributed by atoms with Gasteiger partial charge in [-0.05, 0) is 61.4 Å². The maximum absolute atomic E-state index is 12.8. The Balaban J connectivity index is 1.54. The van der Waals surface area contributed by atoms with Gasteiger partial charge >= 0.3 is 0 Å². The number of rotatable bonds is 5. The van der Waals surface area contributed by atoms with E-state index in [4.69, 9.17) is 4.74 Å². The zero-order valence-electron chi connectivity index (χ0n) is 14.8. The number of benzene rings is 2. The van der Waals surface area contributed by atoms with E-state index in [1.54, 1.807) is 4.90 Å². The first-order valence-electron chi connectivity index (χ1n) is 8.48. The Morgan fingerprint density at radius 2 is 1.92 bits per heavy atom. The average Bonchev–Trinajstić information content (AvgIpc) is 2.97. The maximum atomic E-state index is 12.8. The topological polar surface area (TPSA) is 58.6 Å². The summed E-state index contributed by atoms with van der Waals surface area (Å²) in [4.78, 5) is 26.0. The molecule has 0 spiro atoms. The summed E-state index contributed by atoms with van der Waals surface area (Å²) in [5.41, 5.74) is 3.14. The van der Waals surface area contributed by atoms with E-state index in [0.717, 1.165) is 11.3 Å². The van der Waals surface area contributed by atoms with E-state index in [-0.39, 0.29) is 36.7 Å². The van der Waals surface area contributed by atoms with Crippen molar-refractivity contribution in [1.29, 1.82) is 0 Å². The van der Waals surface area contributed by atoms with Gasteiger partial charge in [0.1, 0.15) is 11.6 Å². The summed E-state index contributed by atoms with van der Waals surface area (Å²) >= 11 is 0. The second kappa shape index (κ2) is 7.56. The second-order valence-corrected chi connectivity index (χ2v) is 6.48. The lowest BCUT2D eigenvalue weighted by atomic mass is 10.1. The normalized spacial score (nSPS) is 16.7. The van der Waals surface area contributed by atoms with Gasteiger partial charge in [0.15, 0.2) is 6.61 Å². The standard InChI is InChI=1S/C20H21FN2O3/c1-13-3-6-17(9-14(13)2)23-11-16(10-20(23)25)22-19(24)12-26-18-7-4-15(21)5-8-18/h3-9,16H,10-12H2,1-2H3,(H,22,24)/t16-/m1/s1. The molecule has 0 aromatic heterocycles. The largest absolute Gasteiger partial charge is 0.484 e. The number of anilines is 1. The molecular formula is C20H21FN2O3. The number of hydrogen-bond acceptors (Lipinski definition) is 3. The maximum Gasteiger partial charge on any atom is 0.258 e. The van der Waals surface area contributed by atoms with Crippen LogP contribution < -0.4 is 15.0 Å². The molecule has 2 amide bonds. The summed E-state index contributed by atoms with van der Waals surface area (Å²) in [5, 5.41) is 2.82. The molecule has 0 saturated carbocycles. The van der Waals surface area contributed by atoms with E-state index in [1.807, 2.05) is 32.0 Å². The van der Waals surface area contributed by atoms with Crippen molar-refractivity contribution in [3.63, 3.8) is 0 Å². The first-order chi connectivity index (χ1) is 12.4. The van der Waals surface area contributed by atoms with Gasteiger partial charge < -0.3 is 15.0 Å². The van der Waals surface area contributed by atoms with Crippen LogP contribution in [-0.2, 0) is 9.59 Å². The van der Waals surface area contributed by atoms with Gasteiger partial charge in [-0.15, -0.1) is 0 Å². The van der Waals surface area contributed by atoms with Crippen LogP contribution in [0.5, 0.6) is 5.75 Å². The van der Waals surface area contributed by atoms with Gasteiger partial charge in [-0.2, -0.15) is 0 Å². The fraction of sp³-hybridized carbons (Fsp3) is 0.300. The molecule has 1 aliphatic heterocycles. The van der Waals surface area contributed by atoms with Crippen LogP contribution in [0.4, 0.5) is 10.1 Å². The lowest BCUT2D eigenvalue weighted by Gasteiger charge is -2.18. The van der Waals surface area contributed by atoms with Gasteiger partial charge in [0.2, 0.25) is 5.91 Å². The molecule has 1 saturated heterocycles. The van der Waals surface area contributed by atoms with Crippen LogP contribution in [0.3, 0.4) is 0 Å². The number of halogens is 1. The molecule has 1 aliphatic rings. The Kier molecular flexibility index (Phi) is 5.21. The molecule has 2 aromatic carbocycles. The summed E-state index contributed by atoms with van der Waals surface area (Å²) in [5.74, 6) is -0.273. The van der Waals surface area contributed by atoms with E-state index in [2.05, 4.69) is 5.32 Å². The molecule has 0 bridgehead atoms. The van der Waals surface area contributed by atoms with E-state index < -0.39 is 0 Å². The van der Waals surface area contributed by atoms with Gasteiger partial charge in [0, 0.05) is 18.7 Å². The summed E-state index contributed by atoms with van der Waals surface area (Å²) < 4.78 is 18.2. The Bertz CT molecular complexity index is 820. The van der Waals surface area contributed by atoms with Crippen molar-refractivity contribution >= 4 is 17.5 Å². The van der Waals surface area contributed by atoms with Crippen molar-refractivity contribution in [2.24, 2.45) is 0 Å². The minimum atomic E-state index is -0.363. The Labute approximate surface area is 151 Å². The molecule has 136 valence electrons. The Hall–Kier alpha value is -2.89. The summed E-state index contributed by atoms with van der Waals surface area (Å²) in [6.07, 6.45) is 0.259. The molecular weight excluding hydrogens is 335 g/mol. The van der Waals surface area contributed by atoms with Crippen LogP contribution >= 0.6 is 0 Å². The minimum Gasteiger partial charge on any atom is -0.484 e. The van der Waals surface area contributed by atoms with Crippen molar-refractivity contribution in [2.45, 2.75) is 26.3 Å². The molecule has 6 heteroatoms. The van der Waals surface area contributed by atoms with E-state index in [0.29, 0.717) is 12.3 Å². The second-order valence-electron chi connectivity index (χ2n) is 6.48. The van der Waals surface area contributed by atoms with E-state index >= 15 is 0 Å². The van der Waals surface area contributed by atoms with Gasteiger partial charge in [-0.25, -0.2) is 4.39 Å². The number of aryl methyl sites for hydroxylation is 2. The number of nitrogens with zero attached hydrogens (tertiary/aromatic N) is 1. The molecule has 3 rings (SSSR count). The van der Waals surface area contributed by atoms with Crippen LogP contribution in [0, 0.1) is 19.7 Å². The number of carbonyl (C=O) groups excluding carboxylic acids is 2. The molecule has 0 unspecified atom stereocenters. The lowest BCUT2D eigenvalue weighted by molar-refractivity contribution is -0.123. The van der Waals surface area contributed by atoms with Crippen LogP contribution in [0.25, 0.3) is 0 Å². The zero-order valence-corrected chi connectivity index (χ0v) is 14.8. The predicted octanol–water partition coefficient (Wildman–Crippen LogP) is 2.74. The zero-order chi connectivity index (χ0) is 18.7. The van der Waals surface area contributed by atoms with Crippen LogP contribution in [0.15, 0.2) is 42.5 Å². The van der Waals surface area contributed by atoms with E-state index in [1.165, 1.54) is 29.8 Å². The third-order valence-corrected chi connectivity index (χ3v) is 4.48. The van der Waals surface area contributed by atoms with Crippen molar-refractivity contribution in [3.05, 3.63) is 59.4 Å². The molecule has 26 heavy (non-hydrogen) atoms. The monoisotopic (exact) mass is 356 g/mol. The molecule has 1 fully saturated rings. The summed E-state index contributed by atoms with van der Waals surface area (Å²) in [7, 11) is 0. The third-order valence-electron chi connectivity index (χ3n) is 4.48. The van der Waals surface area contributed by atoms with Crippen molar-refractivity contribution < 1.29 is 18.7 Å². The smallest absolute Gasteiger partial charge is 0.258 e. The lowest BCUT2D eigenvalue weighted by Crippen LogP contribution is -2.39. The van der Waals surface area contributed by atoms with Crippen molar-refractivity contribution in [3.8, 4) is 5.75 Å². The number of nitrogens with one attached hydrogen (secondary N) is 1. The summed E-state index contributed by atoms with van der Waals surface area (Å²) in [6, 6.07) is 11.1. The SMILES string of the molecule is Cc1ccc(N2C[C@H](NC(=O)COc3ccc(F)cc3)CC2=O)cc1C. The third kappa shape index (κ3) is 4.20. The fourth-order valence-electron chi connectivity index (χ4n) is 2.90. The first kappa shape index (κ1) is 17.9. The highest BCUT2D eigenvalue weighted by molar-refractivity contribution is 5.97. The highest BCUT2D eigenvalue weighted by Gasteiger charge is 2.31. The quantitative estimate of drug-likeness (QED) is 0.896. The Morgan fingerprint density at radius 3 is 2.62 bits per heavy atom. The van der Waals surface area contributed by atoms with Gasteiger partial charge in [0.05, 0.1) is 6.04 Å². The first-order valence-corrected chi connectivity index (χ1v) is 8.48. The highest BCUT2D eigenvalue weighted by atomic mass is 19.1. The number of hydrogen-bond donors (Lipinski definition) is 1. The van der Waals surface area contributed by atoms with Gasteiger partial charge in [0.25, 0.3) is 5.91 Å². The number of amides is 2. The highest BCUT2D eigenvalue weighted by Crippen LogP contribution is 2.24. The van der Waals surface area contributed by atoms with Gasteiger partial charge in [-0.1, -0.05) is 6.07 Å². The molecule has 1 heterocycles. The molecule has 2 aromatic rings.